The molecule has 2 amide bonds. The number of amides is 2. The van der Waals surface area contributed by atoms with Gasteiger partial charge in [0.1, 0.15) is 0 Å². The summed E-state index contributed by atoms with van der Waals surface area (Å²) in [5, 5.41) is 5.35. The number of H-pyrrole nitrogens is 1. The van der Waals surface area contributed by atoms with Gasteiger partial charge in [0.05, 0.1) is 11.8 Å². The quantitative estimate of drug-likeness (QED) is 0.465. The summed E-state index contributed by atoms with van der Waals surface area (Å²) in [6, 6.07) is 7.23. The lowest BCUT2D eigenvalue weighted by atomic mass is 10.1. The van der Waals surface area contributed by atoms with E-state index >= 15 is 0 Å². The minimum Gasteiger partial charge on any atom is -0.346 e. The summed E-state index contributed by atoms with van der Waals surface area (Å²) in [6.45, 7) is 7.42. The van der Waals surface area contributed by atoms with Crippen molar-refractivity contribution in [2.75, 3.05) is 11.9 Å². The average molecular weight is 403 g/mol. The molecule has 7 nitrogen and oxygen atoms in total. The Morgan fingerprint density at radius 3 is 2.57 bits per heavy atom. The molecule has 2 aromatic rings. The van der Waals surface area contributed by atoms with E-state index in [1.807, 2.05) is 39.0 Å². The SMILES string of the molecule is CCCc1cc(=O)[nH]c(S[C@H](C)C(=O)NCC(=O)Nc2c(C)cccc2C)n1. The Hall–Kier alpha value is -2.61. The minimum absolute atomic E-state index is 0.128. The Kier molecular flexibility index (Phi) is 7.80. The highest BCUT2D eigenvalue weighted by Gasteiger charge is 2.17. The lowest BCUT2D eigenvalue weighted by Gasteiger charge is -2.14. The number of benzene rings is 1. The Labute approximate surface area is 168 Å². The summed E-state index contributed by atoms with van der Waals surface area (Å²) in [5.74, 6) is -0.593. The van der Waals surface area contributed by atoms with Crippen molar-refractivity contribution in [2.24, 2.45) is 0 Å². The maximum absolute atomic E-state index is 12.3. The van der Waals surface area contributed by atoms with Crippen molar-refractivity contribution in [2.45, 2.75) is 50.9 Å². The van der Waals surface area contributed by atoms with Crippen LogP contribution in [0.2, 0.25) is 0 Å². The van der Waals surface area contributed by atoms with Crippen LogP contribution in [0.15, 0.2) is 34.2 Å². The van der Waals surface area contributed by atoms with Crippen LogP contribution in [0.3, 0.4) is 0 Å². The first kappa shape index (κ1) is 21.7. The Balaban J connectivity index is 1.90. The van der Waals surface area contributed by atoms with E-state index in [4.69, 9.17) is 0 Å². The fraction of sp³-hybridized carbons (Fsp3) is 0.400. The first-order valence-electron chi connectivity index (χ1n) is 9.20. The van der Waals surface area contributed by atoms with Crippen LogP contribution in [0.1, 0.15) is 37.1 Å². The molecule has 1 heterocycles. The summed E-state index contributed by atoms with van der Waals surface area (Å²) in [7, 11) is 0. The van der Waals surface area contributed by atoms with Gasteiger partial charge in [-0.05, 0) is 38.3 Å². The molecular weight excluding hydrogens is 376 g/mol. The lowest BCUT2D eigenvalue weighted by molar-refractivity contribution is -0.123. The molecule has 0 aliphatic rings. The maximum atomic E-state index is 12.3. The maximum Gasteiger partial charge on any atom is 0.251 e. The number of aromatic nitrogens is 2. The Morgan fingerprint density at radius 2 is 1.93 bits per heavy atom. The third kappa shape index (κ3) is 6.23. The average Bonchev–Trinajstić information content (AvgIpc) is 2.62. The van der Waals surface area contributed by atoms with Gasteiger partial charge >= 0.3 is 0 Å². The zero-order valence-electron chi connectivity index (χ0n) is 16.6. The van der Waals surface area contributed by atoms with E-state index in [9.17, 15) is 14.4 Å². The fourth-order valence-corrected chi connectivity index (χ4v) is 3.51. The zero-order chi connectivity index (χ0) is 20.7. The van der Waals surface area contributed by atoms with Gasteiger partial charge in [-0.3, -0.25) is 14.4 Å². The van der Waals surface area contributed by atoms with E-state index in [2.05, 4.69) is 20.6 Å². The first-order chi connectivity index (χ1) is 13.3. The topological polar surface area (TPSA) is 104 Å². The van der Waals surface area contributed by atoms with Crippen molar-refractivity contribution in [1.82, 2.24) is 15.3 Å². The number of carbonyl (C=O) groups is 2. The number of nitrogens with zero attached hydrogens (tertiary/aromatic N) is 1. The second-order valence-electron chi connectivity index (χ2n) is 6.58. The number of thioether (sulfide) groups is 1. The van der Waals surface area contributed by atoms with Crippen molar-refractivity contribution in [1.29, 1.82) is 0 Å². The number of aryl methyl sites for hydroxylation is 3. The molecule has 3 N–H and O–H groups in total. The van der Waals surface area contributed by atoms with Crippen LogP contribution in [0.5, 0.6) is 0 Å². The number of carbonyl (C=O) groups excluding carboxylic acids is 2. The minimum atomic E-state index is -0.506. The molecule has 150 valence electrons. The number of hydrogen-bond donors (Lipinski definition) is 3. The molecule has 0 spiro atoms. The van der Waals surface area contributed by atoms with Gasteiger partial charge in [-0.1, -0.05) is 43.3 Å². The van der Waals surface area contributed by atoms with Crippen LogP contribution in [-0.4, -0.2) is 33.6 Å². The summed E-state index contributed by atoms with van der Waals surface area (Å²) in [5.41, 5.74) is 3.16. The highest BCUT2D eigenvalue weighted by Crippen LogP contribution is 2.20. The van der Waals surface area contributed by atoms with E-state index < -0.39 is 5.25 Å². The van der Waals surface area contributed by atoms with Gasteiger partial charge in [0.2, 0.25) is 11.8 Å². The van der Waals surface area contributed by atoms with Crippen molar-refractivity contribution >= 4 is 29.3 Å². The van der Waals surface area contributed by atoms with Gasteiger partial charge < -0.3 is 15.6 Å². The molecule has 0 radical (unpaired) electrons. The standard InChI is InChI=1S/C20H26N4O3S/c1-5-7-15-10-16(25)24-20(22-15)28-14(4)19(27)21-11-17(26)23-18-12(2)8-6-9-13(18)3/h6,8-10,14H,5,7,11H2,1-4H3,(H,21,27)(H,23,26)(H,22,24,25)/t14-/m1/s1. The normalized spacial score (nSPS) is 11.7. The highest BCUT2D eigenvalue weighted by molar-refractivity contribution is 8.00. The van der Waals surface area contributed by atoms with Gasteiger partial charge in [-0.15, -0.1) is 0 Å². The van der Waals surface area contributed by atoms with Crippen LogP contribution in [0.4, 0.5) is 5.69 Å². The summed E-state index contributed by atoms with van der Waals surface area (Å²) in [6.07, 6.45) is 1.59. The van der Waals surface area contributed by atoms with E-state index in [0.717, 1.165) is 35.0 Å². The van der Waals surface area contributed by atoms with Crippen molar-refractivity contribution in [3.63, 3.8) is 0 Å². The van der Waals surface area contributed by atoms with Gasteiger partial charge in [0.25, 0.3) is 5.56 Å². The molecule has 0 fully saturated rings. The molecule has 2 rings (SSSR count). The highest BCUT2D eigenvalue weighted by atomic mass is 32.2. The van der Waals surface area contributed by atoms with E-state index in [0.29, 0.717) is 17.3 Å². The largest absolute Gasteiger partial charge is 0.346 e. The van der Waals surface area contributed by atoms with E-state index in [1.54, 1.807) is 6.92 Å². The predicted molar refractivity (Wildman–Crippen MR) is 112 cm³/mol. The van der Waals surface area contributed by atoms with Crippen molar-refractivity contribution in [3.8, 4) is 0 Å². The van der Waals surface area contributed by atoms with E-state index in [-0.39, 0.29) is 23.9 Å². The van der Waals surface area contributed by atoms with Crippen LogP contribution < -0.4 is 16.2 Å². The fourth-order valence-electron chi connectivity index (χ4n) is 2.65. The molecule has 0 aliphatic carbocycles. The smallest absolute Gasteiger partial charge is 0.251 e. The molecule has 1 atom stereocenters. The summed E-state index contributed by atoms with van der Waals surface area (Å²) < 4.78 is 0. The van der Waals surface area contributed by atoms with E-state index in [1.165, 1.54) is 6.07 Å². The van der Waals surface area contributed by atoms with Crippen LogP contribution in [0, 0.1) is 13.8 Å². The lowest BCUT2D eigenvalue weighted by Crippen LogP contribution is -2.37. The Morgan fingerprint density at radius 1 is 1.25 bits per heavy atom. The molecule has 28 heavy (non-hydrogen) atoms. The summed E-state index contributed by atoms with van der Waals surface area (Å²) >= 11 is 1.16. The number of aromatic amines is 1. The molecular formula is C20H26N4O3S. The second-order valence-corrected chi connectivity index (χ2v) is 7.91. The number of nitrogens with one attached hydrogen (secondary N) is 3. The van der Waals surface area contributed by atoms with Crippen molar-refractivity contribution < 1.29 is 9.59 Å². The molecule has 0 saturated carbocycles. The molecule has 0 saturated heterocycles. The molecule has 1 aromatic carbocycles. The van der Waals surface area contributed by atoms with Crippen LogP contribution >= 0.6 is 11.8 Å². The Bertz CT molecular complexity index is 890. The predicted octanol–water partition coefficient (Wildman–Crippen LogP) is 2.57. The number of anilines is 1. The number of rotatable bonds is 8. The third-order valence-electron chi connectivity index (χ3n) is 4.11. The molecule has 8 heteroatoms. The van der Waals surface area contributed by atoms with Crippen molar-refractivity contribution in [3.05, 3.63) is 51.4 Å². The summed E-state index contributed by atoms with van der Waals surface area (Å²) in [4.78, 5) is 43.2. The first-order valence-corrected chi connectivity index (χ1v) is 10.1. The van der Waals surface area contributed by atoms with Gasteiger partial charge in [-0.2, -0.15) is 0 Å². The third-order valence-corrected chi connectivity index (χ3v) is 5.09. The molecule has 0 bridgehead atoms. The number of para-hydroxylation sites is 1. The zero-order valence-corrected chi connectivity index (χ0v) is 17.4. The molecule has 1 aromatic heterocycles. The monoisotopic (exact) mass is 402 g/mol. The second kappa shape index (κ2) is 10.1. The molecule has 0 unspecified atom stereocenters. The van der Waals surface area contributed by atoms with Gasteiger partial charge in [0.15, 0.2) is 5.16 Å². The van der Waals surface area contributed by atoms with Gasteiger partial charge in [-0.25, -0.2) is 4.98 Å². The van der Waals surface area contributed by atoms with Crippen LogP contribution in [0.25, 0.3) is 0 Å². The molecule has 0 aliphatic heterocycles. The number of hydrogen-bond acceptors (Lipinski definition) is 5. The van der Waals surface area contributed by atoms with Gasteiger partial charge in [0, 0.05) is 17.4 Å². The van der Waals surface area contributed by atoms with Crippen LogP contribution in [-0.2, 0) is 16.0 Å².